The number of carbonyl (C=O) groups excluding carboxylic acids is 1. The number of rotatable bonds is 5. The van der Waals surface area contributed by atoms with Crippen molar-refractivity contribution in [2.24, 2.45) is 28.4 Å². The number of benzene rings is 1. The van der Waals surface area contributed by atoms with Crippen molar-refractivity contribution in [3.05, 3.63) is 35.9 Å². The van der Waals surface area contributed by atoms with Crippen LogP contribution < -0.4 is 11.1 Å². The summed E-state index contributed by atoms with van der Waals surface area (Å²) in [5, 5.41) is 3.43. The molecule has 29 heavy (non-hydrogen) atoms. The summed E-state index contributed by atoms with van der Waals surface area (Å²) in [6.07, 6.45) is 9.87. The van der Waals surface area contributed by atoms with Gasteiger partial charge in [0.1, 0.15) is 0 Å². The van der Waals surface area contributed by atoms with Crippen LogP contribution >= 0.6 is 0 Å². The zero-order valence-corrected chi connectivity index (χ0v) is 17.5. The minimum absolute atomic E-state index is 0.0265. The van der Waals surface area contributed by atoms with Gasteiger partial charge in [-0.1, -0.05) is 30.3 Å². The van der Waals surface area contributed by atoms with Crippen molar-refractivity contribution in [2.75, 3.05) is 13.2 Å². The molecule has 4 heteroatoms. The number of carbonyl (C=O) groups is 1. The topological polar surface area (TPSA) is 55.1 Å². The highest BCUT2D eigenvalue weighted by Gasteiger charge is 2.66. The van der Waals surface area contributed by atoms with Gasteiger partial charge in [-0.3, -0.25) is 9.18 Å². The SMILES string of the molecule is NCC1CCC(NC(=O)C23CC4C[C@@](CF)(C2)C[C@](c2ccccc2)(C4)C3)CC1. The molecule has 2 unspecified atom stereocenters. The third-order valence-corrected chi connectivity index (χ3v) is 8.85. The predicted octanol–water partition coefficient (Wildman–Crippen LogP) is 4.50. The molecule has 5 fully saturated rings. The highest BCUT2D eigenvalue weighted by Crippen LogP contribution is 2.70. The minimum Gasteiger partial charge on any atom is -0.353 e. The Kier molecular flexibility index (Phi) is 4.77. The molecule has 0 radical (unpaired) electrons. The summed E-state index contributed by atoms with van der Waals surface area (Å²) in [4.78, 5) is 13.7. The average Bonchev–Trinajstić information content (AvgIpc) is 2.74. The highest BCUT2D eigenvalue weighted by atomic mass is 19.1. The average molecular weight is 399 g/mol. The molecular formula is C25H35FN2O. The van der Waals surface area contributed by atoms with Gasteiger partial charge in [0.05, 0.1) is 12.1 Å². The zero-order valence-electron chi connectivity index (χ0n) is 17.5. The van der Waals surface area contributed by atoms with Gasteiger partial charge in [0.2, 0.25) is 5.91 Å². The number of nitrogens with two attached hydrogens (primary N) is 1. The maximum absolute atomic E-state index is 14.5. The van der Waals surface area contributed by atoms with Crippen molar-refractivity contribution in [2.45, 2.75) is 75.7 Å². The van der Waals surface area contributed by atoms with Crippen LogP contribution in [0.15, 0.2) is 30.3 Å². The summed E-state index contributed by atoms with van der Waals surface area (Å²) in [5.41, 5.74) is 6.44. The van der Waals surface area contributed by atoms with Gasteiger partial charge in [-0.2, -0.15) is 0 Å². The van der Waals surface area contributed by atoms with E-state index in [1.165, 1.54) is 5.56 Å². The van der Waals surface area contributed by atoms with Crippen LogP contribution in [0.25, 0.3) is 0 Å². The van der Waals surface area contributed by atoms with Gasteiger partial charge in [-0.05, 0) is 93.6 Å². The lowest BCUT2D eigenvalue weighted by atomic mass is 9.38. The van der Waals surface area contributed by atoms with E-state index in [1.807, 2.05) is 0 Å². The van der Waals surface area contributed by atoms with E-state index in [9.17, 15) is 9.18 Å². The molecule has 0 aliphatic heterocycles. The number of amides is 1. The van der Waals surface area contributed by atoms with Gasteiger partial charge in [-0.15, -0.1) is 0 Å². The van der Waals surface area contributed by atoms with E-state index in [2.05, 4.69) is 35.6 Å². The lowest BCUT2D eigenvalue weighted by Crippen LogP contribution is -2.64. The molecule has 0 aromatic heterocycles. The van der Waals surface area contributed by atoms with Gasteiger partial charge in [0.15, 0.2) is 0 Å². The Labute approximate surface area is 174 Å². The molecule has 1 aromatic carbocycles. The first-order valence-electron chi connectivity index (χ1n) is 11.6. The van der Waals surface area contributed by atoms with E-state index in [1.54, 1.807) is 0 Å². The van der Waals surface area contributed by atoms with Gasteiger partial charge in [0.25, 0.3) is 0 Å². The van der Waals surface area contributed by atoms with Crippen LogP contribution in [0.5, 0.6) is 0 Å². The molecule has 5 aliphatic carbocycles. The van der Waals surface area contributed by atoms with E-state index >= 15 is 0 Å². The summed E-state index contributed by atoms with van der Waals surface area (Å²) in [7, 11) is 0. The fourth-order valence-electron chi connectivity index (χ4n) is 8.03. The summed E-state index contributed by atoms with van der Waals surface area (Å²) in [5.74, 6) is 1.30. The summed E-state index contributed by atoms with van der Waals surface area (Å²) < 4.78 is 14.5. The van der Waals surface area contributed by atoms with Crippen LogP contribution in [-0.2, 0) is 10.2 Å². The van der Waals surface area contributed by atoms with Crippen molar-refractivity contribution in [1.29, 1.82) is 0 Å². The number of nitrogens with one attached hydrogen (secondary N) is 1. The molecule has 6 rings (SSSR count). The van der Waals surface area contributed by atoms with Crippen molar-refractivity contribution < 1.29 is 9.18 Å². The molecule has 0 heterocycles. The lowest BCUT2D eigenvalue weighted by Gasteiger charge is -2.65. The first-order valence-corrected chi connectivity index (χ1v) is 11.6. The Balaban J connectivity index is 1.41. The Morgan fingerprint density at radius 2 is 1.79 bits per heavy atom. The largest absolute Gasteiger partial charge is 0.353 e. The third-order valence-electron chi connectivity index (χ3n) is 8.85. The normalized spacial score (nSPS) is 43.3. The molecule has 4 atom stereocenters. The fraction of sp³-hybridized carbons (Fsp3) is 0.720. The van der Waals surface area contributed by atoms with Crippen LogP contribution in [0, 0.1) is 22.7 Å². The Morgan fingerprint density at radius 1 is 1.03 bits per heavy atom. The molecular weight excluding hydrogens is 363 g/mol. The van der Waals surface area contributed by atoms with E-state index in [-0.39, 0.29) is 34.9 Å². The quantitative estimate of drug-likeness (QED) is 0.767. The fourth-order valence-corrected chi connectivity index (χ4v) is 8.03. The van der Waals surface area contributed by atoms with Crippen LogP contribution in [-0.4, -0.2) is 25.2 Å². The molecule has 1 amide bonds. The first kappa shape index (κ1) is 19.5. The number of alkyl halides is 1. The molecule has 4 bridgehead atoms. The highest BCUT2D eigenvalue weighted by molar-refractivity contribution is 5.84. The Hall–Kier alpha value is -1.42. The number of halogens is 1. The smallest absolute Gasteiger partial charge is 0.226 e. The van der Waals surface area contributed by atoms with Crippen molar-refractivity contribution in [3.8, 4) is 0 Å². The van der Waals surface area contributed by atoms with Gasteiger partial charge in [-0.25, -0.2) is 0 Å². The molecule has 0 spiro atoms. The van der Waals surface area contributed by atoms with Gasteiger partial charge in [0, 0.05) is 11.5 Å². The second kappa shape index (κ2) is 7.08. The Morgan fingerprint density at radius 3 is 2.48 bits per heavy atom. The number of hydrogen-bond donors (Lipinski definition) is 2. The van der Waals surface area contributed by atoms with E-state index < -0.39 is 0 Å². The van der Waals surface area contributed by atoms with E-state index in [0.717, 1.165) is 70.8 Å². The van der Waals surface area contributed by atoms with Crippen LogP contribution in [0.2, 0.25) is 0 Å². The van der Waals surface area contributed by atoms with Gasteiger partial charge >= 0.3 is 0 Å². The minimum atomic E-state index is -0.383. The van der Waals surface area contributed by atoms with E-state index in [4.69, 9.17) is 5.73 Å². The van der Waals surface area contributed by atoms with Crippen molar-refractivity contribution in [3.63, 3.8) is 0 Å². The molecule has 0 saturated heterocycles. The van der Waals surface area contributed by atoms with Gasteiger partial charge < -0.3 is 11.1 Å². The molecule has 1 aromatic rings. The molecule has 158 valence electrons. The standard InChI is InChI=1S/C25H35FN2O/c26-17-23-10-19-11-24(14-23,20-4-2-1-3-5-20)16-25(12-19,15-23)22(29)28-21-8-6-18(13-27)7-9-21/h1-5,18-19,21H,6-17,27H2,(H,28,29)/t18?,19?,21?,23-,24+,25?/m0/s1. The predicted molar refractivity (Wildman–Crippen MR) is 113 cm³/mol. The van der Waals surface area contributed by atoms with Crippen molar-refractivity contribution >= 4 is 5.91 Å². The second-order valence-electron chi connectivity index (χ2n) is 11.0. The molecule has 5 aliphatic rings. The Bertz CT molecular complexity index is 761. The van der Waals surface area contributed by atoms with Crippen LogP contribution in [0.3, 0.4) is 0 Å². The maximum atomic E-state index is 14.5. The summed E-state index contributed by atoms with van der Waals surface area (Å²) in [6.45, 7) is 0.472. The molecule has 5 saturated carbocycles. The maximum Gasteiger partial charge on any atom is 0.226 e. The molecule has 3 nitrogen and oxygen atoms in total. The zero-order chi connectivity index (χ0) is 20.1. The lowest BCUT2D eigenvalue weighted by molar-refractivity contribution is -0.166. The van der Waals surface area contributed by atoms with Crippen molar-refractivity contribution in [1.82, 2.24) is 5.32 Å². The monoisotopic (exact) mass is 398 g/mol. The second-order valence-corrected chi connectivity index (χ2v) is 11.0. The van der Waals surface area contributed by atoms with Crippen LogP contribution in [0.4, 0.5) is 4.39 Å². The number of hydrogen-bond acceptors (Lipinski definition) is 2. The van der Waals surface area contributed by atoms with E-state index in [0.29, 0.717) is 11.8 Å². The molecule has 3 N–H and O–H groups in total. The summed E-state index contributed by atoms with van der Waals surface area (Å²) in [6, 6.07) is 10.9. The first-order chi connectivity index (χ1) is 14.0. The third kappa shape index (κ3) is 3.22. The summed E-state index contributed by atoms with van der Waals surface area (Å²) >= 11 is 0. The van der Waals surface area contributed by atoms with Crippen LogP contribution in [0.1, 0.15) is 69.8 Å².